The molecule has 28 heteroatoms. The van der Waals surface area contributed by atoms with Gasteiger partial charge in [-0.1, -0.05) is 116 Å². The van der Waals surface area contributed by atoms with Crippen LogP contribution in [0.1, 0.15) is 105 Å². The van der Waals surface area contributed by atoms with Crippen molar-refractivity contribution in [2.45, 2.75) is 97.7 Å². The molecule has 3 amide bonds. The fourth-order valence-electron chi connectivity index (χ4n) is 14.2. The number of nitrogens with zero attached hydrogens (tertiary/aromatic N) is 6. The van der Waals surface area contributed by atoms with Crippen molar-refractivity contribution in [1.29, 1.82) is 0 Å². The number of rotatable bonds is 39. The molecular formula is C89H91B5N9O14+6. The van der Waals surface area contributed by atoms with Gasteiger partial charge in [-0.2, -0.15) is 18.3 Å². The van der Waals surface area contributed by atoms with Crippen LogP contribution in [0, 0.1) is 6.92 Å². The molecule has 0 aliphatic rings. The third kappa shape index (κ3) is 23.2. The van der Waals surface area contributed by atoms with Crippen molar-refractivity contribution >= 4 is 71.7 Å². The van der Waals surface area contributed by atoms with Crippen molar-refractivity contribution in [2.24, 2.45) is 0 Å². The number of nitrogens with one attached hydrogen (secondary N) is 3. The number of pyridine rings is 6. The number of carbonyl (C=O) groups excluding carboxylic acids is 4. The minimum absolute atomic E-state index is 0.0841. The lowest BCUT2D eigenvalue weighted by molar-refractivity contribution is -0.689. The normalized spacial score (nSPS) is 11.2. The fourth-order valence-corrected chi connectivity index (χ4v) is 14.2. The molecule has 0 spiro atoms. The second-order valence-electron chi connectivity index (χ2n) is 28.8. The first-order chi connectivity index (χ1) is 56.8. The van der Waals surface area contributed by atoms with Crippen molar-refractivity contribution < 1.29 is 95.7 Å². The summed E-state index contributed by atoms with van der Waals surface area (Å²) in [5.74, 6) is -0.123. The first-order valence-corrected chi connectivity index (χ1v) is 38.6. The van der Waals surface area contributed by atoms with Gasteiger partial charge >= 0.3 is 37.3 Å². The summed E-state index contributed by atoms with van der Waals surface area (Å²) in [4.78, 5) is 57.5. The van der Waals surface area contributed by atoms with Crippen LogP contribution in [0.5, 0.6) is 17.2 Å². The van der Waals surface area contributed by atoms with Crippen LogP contribution in [-0.4, -0.2) is 115 Å². The summed E-state index contributed by atoms with van der Waals surface area (Å²) in [6, 6.07) is 58.7. The van der Waals surface area contributed by atoms with Gasteiger partial charge in [0.05, 0.1) is 67.2 Å². The van der Waals surface area contributed by atoms with E-state index in [0.717, 1.165) is 50.1 Å². The van der Waals surface area contributed by atoms with Crippen LogP contribution in [-0.2, 0) is 48.9 Å². The van der Waals surface area contributed by atoms with Gasteiger partial charge in [0.2, 0.25) is 5.91 Å². The summed E-state index contributed by atoms with van der Waals surface area (Å²) in [5.41, 5.74) is 13.4. The maximum Gasteiger partial charge on any atom is 0.569 e. The smallest absolute Gasteiger partial charge is 0.537 e. The zero-order valence-electron chi connectivity index (χ0n) is 65.1. The maximum atomic E-state index is 15.4. The molecule has 6 aromatic carbocycles. The van der Waals surface area contributed by atoms with E-state index in [1.807, 2.05) is 176 Å². The Morgan fingerprint density at radius 2 is 0.761 bits per heavy atom. The van der Waals surface area contributed by atoms with E-state index in [1.54, 1.807) is 98.2 Å². The number of ketones is 1. The van der Waals surface area contributed by atoms with Gasteiger partial charge in [0.25, 0.3) is 11.8 Å². The van der Waals surface area contributed by atoms with Gasteiger partial charge in [-0.3, -0.25) is 19.2 Å². The Bertz CT molecular complexity index is 5530. The lowest BCUT2D eigenvalue weighted by Crippen LogP contribution is -2.43. The van der Waals surface area contributed by atoms with Crippen LogP contribution in [0.3, 0.4) is 0 Å². The molecule has 0 saturated heterocycles. The van der Waals surface area contributed by atoms with E-state index in [2.05, 4.69) is 58.4 Å². The Hall–Kier alpha value is -12.5. The first-order valence-electron chi connectivity index (χ1n) is 38.6. The Kier molecular flexibility index (Phi) is 29.5. The predicted octanol–water partition coefficient (Wildman–Crippen LogP) is 4.88. The first kappa shape index (κ1) is 83.9. The van der Waals surface area contributed by atoms with Crippen molar-refractivity contribution in [3.63, 3.8) is 0 Å². The molecule has 1 atom stereocenters. The number of carbonyl (C=O) groups is 4. The van der Waals surface area contributed by atoms with E-state index in [0.29, 0.717) is 137 Å². The molecule has 0 bridgehead atoms. The Morgan fingerprint density at radius 1 is 0.402 bits per heavy atom. The number of aromatic nitrogens is 6. The molecule has 6 aromatic heterocycles. The van der Waals surface area contributed by atoms with E-state index < -0.39 is 32.1 Å². The lowest BCUT2D eigenvalue weighted by atomic mass is 9.77. The van der Waals surface area contributed by atoms with Crippen LogP contribution in [0.4, 0.5) is 0 Å². The Balaban J connectivity index is 0.850. The van der Waals surface area contributed by atoms with E-state index in [9.17, 15) is 49.6 Å². The van der Waals surface area contributed by atoms with Gasteiger partial charge < -0.3 is 65.1 Å². The molecule has 585 valence electrons. The van der Waals surface area contributed by atoms with Gasteiger partial charge in [0.1, 0.15) is 28.4 Å². The minimum atomic E-state index is -1.78. The molecule has 0 saturated carbocycles. The summed E-state index contributed by atoms with van der Waals surface area (Å²) in [6.45, 7) is 9.77. The number of amides is 3. The number of hydrogen-bond acceptors (Lipinski definition) is 14. The number of benzene rings is 6. The maximum absolute atomic E-state index is 15.4. The summed E-state index contributed by atoms with van der Waals surface area (Å²) in [5, 5.41) is 79.9. The van der Waals surface area contributed by atoms with Gasteiger partial charge in [-0.05, 0) is 135 Å². The van der Waals surface area contributed by atoms with Crippen LogP contribution in [0.15, 0.2) is 281 Å². The van der Waals surface area contributed by atoms with E-state index in [-0.39, 0.29) is 67.3 Å². The number of hydrogen-bond donors (Lipinski definition) is 10. The molecule has 12 rings (SSSR count). The standard InChI is InChI=1S/C89H88B5N9O14/c1-62(2)87(105)95-38-19-17-34-83(104)82(97-89(107)79-45-77(59-103(61-79)53-71-28-10-15-37-86(71)117-92-110)74-42-72(54-100(56-74)46-64-23-5-4-22-63(64)3)66-30-21-41-99(48-66)51-69-26-8-13-35-84(69)115-90-108)33-16-18-39-96-88(106)78-44-76(58-101(60-78)50-68-25-7-12-32-81(68)94(113)114)75-43-73(55-102(57-75)52-70-27-9-14-36-85(70)116-91-109)65-29-20-40-98(47-65)49-67-24-6-11-31-80(67)93(111)112/h4-15,20-32,35-37,40-45,47-48,54-61,82,108-114H,1,16-19,33-34,38-39,46,49-53H2,2-3H3/q+3/p+3. The predicted molar refractivity (Wildman–Crippen MR) is 443 cm³/mol. The number of para-hydroxylation sites is 3. The summed E-state index contributed by atoms with van der Waals surface area (Å²) in [6.07, 6.45) is 25.1. The highest BCUT2D eigenvalue weighted by Gasteiger charge is 2.29. The zero-order valence-corrected chi connectivity index (χ0v) is 65.1. The van der Waals surface area contributed by atoms with Gasteiger partial charge in [0, 0.05) is 53.9 Å². The van der Waals surface area contributed by atoms with E-state index in [4.69, 9.17) is 14.0 Å². The molecule has 12 aromatic rings. The highest BCUT2D eigenvalue weighted by molar-refractivity contribution is 6.59. The third-order valence-corrected chi connectivity index (χ3v) is 20.2. The van der Waals surface area contributed by atoms with Gasteiger partial charge in [-0.25, -0.2) is 9.13 Å². The second kappa shape index (κ2) is 41.2. The van der Waals surface area contributed by atoms with E-state index in [1.165, 1.54) is 0 Å². The van der Waals surface area contributed by atoms with Crippen LogP contribution in [0.2, 0.25) is 0 Å². The second-order valence-corrected chi connectivity index (χ2v) is 28.8. The minimum Gasteiger partial charge on any atom is -0.537 e. The van der Waals surface area contributed by atoms with E-state index >= 15 is 4.79 Å². The molecule has 0 aliphatic heterocycles. The van der Waals surface area contributed by atoms with Crippen molar-refractivity contribution in [1.82, 2.24) is 16.0 Å². The summed E-state index contributed by atoms with van der Waals surface area (Å²) in [7, 11) is -1.54. The lowest BCUT2D eigenvalue weighted by Gasteiger charge is -2.18. The SMILES string of the molecule is C=C(C)C(=O)NCCCCC(=O)C(CCCCNC(=O)c1cc(-c2cc(-c3ccc[n+](Cc4ccccc4B(O)O)c3)c[n+](Cc3ccccc3O[B]O)c2)c[n+](Cc2ccccc2B(O)O)c1)NC(=O)c1cc(-c2cc(-c3ccc[n+](Cc4ccccc4O[B]O)c3)c[n+](Cc3ccccc3C)c2)c[n+](Cc2ccccc2O[B]O)c1. The summed E-state index contributed by atoms with van der Waals surface area (Å²) >= 11 is 0. The molecule has 0 aliphatic carbocycles. The zero-order chi connectivity index (χ0) is 82.2. The van der Waals surface area contributed by atoms with Crippen LogP contribution < -0.4 is 68.2 Å². The largest absolute Gasteiger partial charge is 0.569 e. The van der Waals surface area contributed by atoms with Crippen molar-refractivity contribution in [3.8, 4) is 61.8 Å². The summed E-state index contributed by atoms with van der Waals surface area (Å²) < 4.78 is 28.3. The molecule has 6 heterocycles. The Labute approximate surface area is 682 Å². The molecular weight excluding hydrogens is 1470 g/mol. The quantitative estimate of drug-likeness (QED) is 0.0106. The number of aryl methyl sites for hydroxylation is 1. The van der Waals surface area contributed by atoms with Crippen LogP contribution >= 0.6 is 0 Å². The molecule has 0 fully saturated rings. The highest BCUT2D eigenvalue weighted by Crippen LogP contribution is 2.29. The fraction of sp³-hybridized carbons (Fsp3) is 0.191. The molecule has 117 heavy (non-hydrogen) atoms. The van der Waals surface area contributed by atoms with Crippen molar-refractivity contribution in [2.75, 3.05) is 13.1 Å². The highest BCUT2D eigenvalue weighted by atomic mass is 16.5. The Morgan fingerprint density at radius 3 is 1.22 bits per heavy atom. The van der Waals surface area contributed by atoms with Gasteiger partial charge in [0.15, 0.2) is 119 Å². The molecule has 23 nitrogen and oxygen atoms in total. The number of Topliss-reactive ketones (excluding diaryl/α,β-unsaturated/α-hetero) is 1. The van der Waals surface area contributed by atoms with Crippen LogP contribution in [0.25, 0.3) is 44.5 Å². The number of unbranched alkanes of at least 4 members (excludes halogenated alkanes) is 2. The molecule has 1 unspecified atom stereocenters. The van der Waals surface area contributed by atoms with Crippen molar-refractivity contribution in [3.05, 3.63) is 331 Å². The monoisotopic (exact) mass is 1560 g/mol. The molecule has 3 radical (unpaired) electrons. The average Bonchev–Trinajstić information content (AvgIpc) is 0.793. The topological polar surface area (TPSA) is 297 Å². The average molecular weight is 1560 g/mol. The third-order valence-electron chi connectivity index (χ3n) is 20.2. The molecule has 10 N–H and O–H groups in total. The van der Waals surface area contributed by atoms with Gasteiger partial charge in [-0.15, -0.1) is 0 Å².